The van der Waals surface area contributed by atoms with E-state index >= 15 is 0 Å². The smallest absolute Gasteiger partial charge is 0.319 e. The Morgan fingerprint density at radius 3 is 2.64 bits per heavy atom. The van der Waals surface area contributed by atoms with Crippen LogP contribution in [-0.4, -0.2) is 13.1 Å². The number of carbonyl (C=O) groups is 1. The number of methoxy groups -OCH3 is 1. The predicted octanol–water partition coefficient (Wildman–Crippen LogP) is 3.47. The number of rotatable bonds is 5. The fourth-order valence-electron chi connectivity index (χ4n) is 2.05. The second-order valence-electron chi connectivity index (χ2n) is 4.83. The molecule has 0 saturated heterocycles. The summed E-state index contributed by atoms with van der Waals surface area (Å²) in [7, 11) is 1.62. The summed E-state index contributed by atoms with van der Waals surface area (Å²) in [5.74, 6) is 0.765. The molecule has 2 aromatic carbocycles. The van der Waals surface area contributed by atoms with Crippen LogP contribution in [0.15, 0.2) is 54.7 Å². The van der Waals surface area contributed by atoms with Crippen molar-refractivity contribution in [1.29, 1.82) is 0 Å². The van der Waals surface area contributed by atoms with Gasteiger partial charge in [0, 0.05) is 18.3 Å². The molecule has 2 N–H and O–H groups in total. The Labute approximate surface area is 130 Å². The molecule has 2 rings (SSSR count). The van der Waals surface area contributed by atoms with Crippen LogP contribution in [0.4, 0.5) is 4.79 Å². The molecule has 4 heteroatoms. The molecule has 0 radical (unpaired) electrons. The highest BCUT2D eigenvalue weighted by atomic mass is 16.5. The van der Waals surface area contributed by atoms with Gasteiger partial charge in [-0.2, -0.15) is 0 Å². The predicted molar refractivity (Wildman–Crippen MR) is 88.6 cm³/mol. The van der Waals surface area contributed by atoms with Gasteiger partial charge in [0.2, 0.25) is 0 Å². The van der Waals surface area contributed by atoms with Crippen LogP contribution in [0, 0.1) is 6.92 Å². The Morgan fingerprint density at radius 2 is 1.86 bits per heavy atom. The third-order valence-electron chi connectivity index (χ3n) is 3.32. The largest absolute Gasteiger partial charge is 0.496 e. The zero-order chi connectivity index (χ0) is 15.8. The average Bonchev–Trinajstić information content (AvgIpc) is 2.54. The SMILES string of the molecule is COc1ccccc1/C=C/NC(=O)NCc1ccccc1C. The van der Waals surface area contributed by atoms with Crippen LogP contribution in [0.3, 0.4) is 0 Å². The lowest BCUT2D eigenvalue weighted by Gasteiger charge is -2.07. The first-order valence-corrected chi connectivity index (χ1v) is 7.09. The number of hydrogen-bond donors (Lipinski definition) is 2. The van der Waals surface area contributed by atoms with E-state index in [2.05, 4.69) is 10.6 Å². The number of benzene rings is 2. The topological polar surface area (TPSA) is 50.4 Å². The lowest BCUT2D eigenvalue weighted by Crippen LogP contribution is -2.31. The lowest BCUT2D eigenvalue weighted by molar-refractivity contribution is 0.244. The number of urea groups is 1. The van der Waals surface area contributed by atoms with Gasteiger partial charge in [0.1, 0.15) is 5.75 Å². The molecule has 0 atom stereocenters. The molecule has 2 aromatic rings. The van der Waals surface area contributed by atoms with Crippen LogP contribution in [0.5, 0.6) is 5.75 Å². The van der Waals surface area contributed by atoms with E-state index in [1.807, 2.05) is 55.5 Å². The summed E-state index contributed by atoms with van der Waals surface area (Å²) in [6, 6.07) is 15.3. The van der Waals surface area contributed by atoms with Crippen molar-refractivity contribution < 1.29 is 9.53 Å². The molecule has 0 aliphatic carbocycles. The number of amides is 2. The fraction of sp³-hybridized carbons (Fsp3) is 0.167. The van der Waals surface area contributed by atoms with Crippen molar-refractivity contribution in [3.05, 3.63) is 71.4 Å². The minimum Gasteiger partial charge on any atom is -0.496 e. The third kappa shape index (κ3) is 4.38. The maximum Gasteiger partial charge on any atom is 0.319 e. The van der Waals surface area contributed by atoms with E-state index in [0.717, 1.165) is 22.4 Å². The summed E-state index contributed by atoms with van der Waals surface area (Å²) in [4.78, 5) is 11.8. The molecular formula is C18H20N2O2. The molecule has 0 unspecified atom stereocenters. The van der Waals surface area contributed by atoms with Gasteiger partial charge in [-0.3, -0.25) is 0 Å². The number of hydrogen-bond acceptors (Lipinski definition) is 2. The Balaban J connectivity index is 1.85. The molecule has 2 amide bonds. The van der Waals surface area contributed by atoms with Gasteiger partial charge in [0.05, 0.1) is 7.11 Å². The summed E-state index contributed by atoms with van der Waals surface area (Å²) in [5, 5.41) is 5.51. The van der Waals surface area contributed by atoms with Crippen LogP contribution >= 0.6 is 0 Å². The zero-order valence-corrected chi connectivity index (χ0v) is 12.8. The maximum absolute atomic E-state index is 11.8. The molecule has 0 aliphatic rings. The van der Waals surface area contributed by atoms with Gasteiger partial charge in [-0.05, 0) is 30.2 Å². The molecule has 0 heterocycles. The first kappa shape index (κ1) is 15.6. The highest BCUT2D eigenvalue weighted by Gasteiger charge is 2.01. The molecule has 0 bridgehead atoms. The normalized spacial score (nSPS) is 10.5. The van der Waals surface area contributed by atoms with E-state index in [-0.39, 0.29) is 6.03 Å². The second-order valence-corrected chi connectivity index (χ2v) is 4.83. The Hall–Kier alpha value is -2.75. The van der Waals surface area contributed by atoms with Crippen molar-refractivity contribution >= 4 is 12.1 Å². The van der Waals surface area contributed by atoms with E-state index in [4.69, 9.17) is 4.74 Å². The Kier molecular flexibility index (Phi) is 5.60. The van der Waals surface area contributed by atoms with Crippen molar-refractivity contribution in [1.82, 2.24) is 10.6 Å². The summed E-state index contributed by atoms with van der Waals surface area (Å²) in [5.41, 5.74) is 3.17. The van der Waals surface area contributed by atoms with Gasteiger partial charge >= 0.3 is 6.03 Å². The average molecular weight is 296 g/mol. The van der Waals surface area contributed by atoms with Crippen LogP contribution in [0.1, 0.15) is 16.7 Å². The molecule has 0 spiro atoms. The zero-order valence-electron chi connectivity index (χ0n) is 12.8. The van der Waals surface area contributed by atoms with E-state index in [1.54, 1.807) is 19.4 Å². The van der Waals surface area contributed by atoms with E-state index in [1.165, 1.54) is 0 Å². The van der Waals surface area contributed by atoms with Crippen LogP contribution in [0.25, 0.3) is 6.08 Å². The number of ether oxygens (including phenoxy) is 1. The molecule has 22 heavy (non-hydrogen) atoms. The number of carbonyl (C=O) groups excluding carboxylic acids is 1. The maximum atomic E-state index is 11.8. The number of para-hydroxylation sites is 1. The highest BCUT2D eigenvalue weighted by Crippen LogP contribution is 2.18. The molecule has 4 nitrogen and oxygen atoms in total. The van der Waals surface area contributed by atoms with Crippen molar-refractivity contribution in [2.75, 3.05) is 7.11 Å². The van der Waals surface area contributed by atoms with E-state index in [0.29, 0.717) is 6.54 Å². The van der Waals surface area contributed by atoms with Gasteiger partial charge in [-0.15, -0.1) is 0 Å². The minimum atomic E-state index is -0.241. The van der Waals surface area contributed by atoms with Crippen LogP contribution in [-0.2, 0) is 6.54 Å². The summed E-state index contributed by atoms with van der Waals surface area (Å²) in [6.45, 7) is 2.53. The standard InChI is InChI=1S/C18H20N2O2/c1-14-7-3-4-9-16(14)13-20-18(21)19-12-11-15-8-5-6-10-17(15)22-2/h3-12H,13H2,1-2H3,(H2,19,20,21)/b12-11+. The minimum absolute atomic E-state index is 0.241. The third-order valence-corrected chi connectivity index (χ3v) is 3.32. The molecule has 114 valence electrons. The van der Waals surface area contributed by atoms with Crippen molar-refractivity contribution in [3.63, 3.8) is 0 Å². The van der Waals surface area contributed by atoms with Crippen LogP contribution < -0.4 is 15.4 Å². The highest BCUT2D eigenvalue weighted by molar-refractivity contribution is 5.76. The molecular weight excluding hydrogens is 276 g/mol. The van der Waals surface area contributed by atoms with Crippen molar-refractivity contribution in [2.24, 2.45) is 0 Å². The van der Waals surface area contributed by atoms with Gasteiger partial charge in [0.15, 0.2) is 0 Å². The lowest BCUT2D eigenvalue weighted by atomic mass is 10.1. The van der Waals surface area contributed by atoms with E-state index < -0.39 is 0 Å². The first-order valence-electron chi connectivity index (χ1n) is 7.09. The summed E-state index contributed by atoms with van der Waals surface area (Å²) in [6.07, 6.45) is 3.40. The summed E-state index contributed by atoms with van der Waals surface area (Å²) >= 11 is 0. The van der Waals surface area contributed by atoms with E-state index in [9.17, 15) is 4.79 Å². The first-order chi connectivity index (χ1) is 10.7. The van der Waals surface area contributed by atoms with Crippen LogP contribution in [0.2, 0.25) is 0 Å². The van der Waals surface area contributed by atoms with Gasteiger partial charge in [-0.1, -0.05) is 42.5 Å². The monoisotopic (exact) mass is 296 g/mol. The molecule has 0 aromatic heterocycles. The number of nitrogens with one attached hydrogen (secondary N) is 2. The Bertz CT molecular complexity index is 666. The quantitative estimate of drug-likeness (QED) is 0.887. The second kappa shape index (κ2) is 7.88. The number of aryl methyl sites for hydroxylation is 1. The van der Waals surface area contributed by atoms with Gasteiger partial charge in [0.25, 0.3) is 0 Å². The molecule has 0 aliphatic heterocycles. The van der Waals surface area contributed by atoms with Gasteiger partial charge < -0.3 is 15.4 Å². The molecule has 0 saturated carbocycles. The summed E-state index contributed by atoms with van der Waals surface area (Å²) < 4.78 is 5.24. The Morgan fingerprint density at radius 1 is 1.14 bits per heavy atom. The fourth-order valence-corrected chi connectivity index (χ4v) is 2.05. The van der Waals surface area contributed by atoms with Gasteiger partial charge in [-0.25, -0.2) is 4.79 Å². The van der Waals surface area contributed by atoms with Crippen molar-refractivity contribution in [2.45, 2.75) is 13.5 Å². The van der Waals surface area contributed by atoms with Crippen molar-refractivity contribution in [3.8, 4) is 5.75 Å². The molecule has 0 fully saturated rings.